The molecule has 0 aliphatic heterocycles. The van der Waals surface area contributed by atoms with Crippen molar-refractivity contribution in [2.24, 2.45) is 0 Å². The van der Waals surface area contributed by atoms with Crippen LogP contribution < -0.4 is 4.74 Å². The number of esters is 1. The van der Waals surface area contributed by atoms with Crippen LogP contribution >= 0.6 is 11.6 Å². The van der Waals surface area contributed by atoms with E-state index in [2.05, 4.69) is 4.98 Å². The van der Waals surface area contributed by atoms with E-state index in [1.165, 1.54) is 6.07 Å². The molecule has 0 radical (unpaired) electrons. The molecule has 0 bridgehead atoms. The second kappa shape index (κ2) is 8.75. The summed E-state index contributed by atoms with van der Waals surface area (Å²) in [6, 6.07) is 12.7. The lowest BCUT2D eigenvalue weighted by atomic mass is 10.2. The first-order valence-corrected chi connectivity index (χ1v) is 9.86. The van der Waals surface area contributed by atoms with Crippen LogP contribution in [0.5, 0.6) is 5.75 Å². The maximum atomic E-state index is 12.8. The van der Waals surface area contributed by atoms with Gasteiger partial charge in [0.25, 0.3) is 0 Å². The van der Waals surface area contributed by atoms with Gasteiger partial charge in [-0.15, -0.1) is 0 Å². The number of nitrogens with zero attached hydrogens (tertiary/aromatic N) is 2. The van der Waals surface area contributed by atoms with E-state index in [9.17, 15) is 9.59 Å². The number of halogens is 1. The van der Waals surface area contributed by atoms with Gasteiger partial charge in [-0.1, -0.05) is 41.9 Å². The molecule has 0 aliphatic rings. The molecule has 30 heavy (non-hydrogen) atoms. The highest BCUT2D eigenvalue weighted by Gasteiger charge is 2.27. The van der Waals surface area contributed by atoms with Crippen molar-refractivity contribution in [3.8, 4) is 5.75 Å². The van der Waals surface area contributed by atoms with Crippen molar-refractivity contribution in [2.75, 3.05) is 6.61 Å². The molecule has 3 aromatic rings. The van der Waals surface area contributed by atoms with Crippen molar-refractivity contribution in [2.45, 2.75) is 39.9 Å². The number of ether oxygens (including phenoxy) is 3. The molecule has 0 amide bonds. The highest BCUT2D eigenvalue weighted by atomic mass is 35.5. The number of carbonyl (C=O) groups excluding carboxylic acids is 2. The highest BCUT2D eigenvalue weighted by molar-refractivity contribution is 6.31. The van der Waals surface area contributed by atoms with Gasteiger partial charge in [0.2, 0.25) is 0 Å². The normalized spacial score (nSPS) is 11.4. The molecule has 1 aromatic carbocycles. The van der Waals surface area contributed by atoms with Crippen molar-refractivity contribution in [1.29, 1.82) is 0 Å². The Kier molecular flexibility index (Phi) is 6.31. The predicted molar refractivity (Wildman–Crippen MR) is 113 cm³/mol. The van der Waals surface area contributed by atoms with Gasteiger partial charge in [0.05, 0.1) is 6.61 Å². The minimum atomic E-state index is -0.762. The molecule has 0 saturated heterocycles. The van der Waals surface area contributed by atoms with Crippen LogP contribution in [0.1, 0.15) is 43.7 Å². The van der Waals surface area contributed by atoms with Gasteiger partial charge in [0.15, 0.2) is 16.5 Å². The third-order valence-corrected chi connectivity index (χ3v) is 4.27. The van der Waals surface area contributed by atoms with Gasteiger partial charge in [0.1, 0.15) is 17.9 Å². The van der Waals surface area contributed by atoms with Gasteiger partial charge in [-0.3, -0.25) is 0 Å². The smallest absolute Gasteiger partial charge is 0.420 e. The Hall–Kier alpha value is -3.06. The van der Waals surface area contributed by atoms with Crippen LogP contribution in [0.4, 0.5) is 4.79 Å². The summed E-state index contributed by atoms with van der Waals surface area (Å²) in [7, 11) is 0. The third-order valence-electron chi connectivity index (χ3n) is 3.99. The first-order chi connectivity index (χ1) is 14.2. The first kappa shape index (κ1) is 21.6. The van der Waals surface area contributed by atoms with Crippen molar-refractivity contribution < 1.29 is 23.8 Å². The van der Waals surface area contributed by atoms with E-state index in [4.69, 9.17) is 25.8 Å². The SMILES string of the molecule is CCOC(=O)c1cc2cc(OCc3ccccc3)c(Cl)nc2n1C(=O)OC(C)(C)C. The predicted octanol–water partition coefficient (Wildman–Crippen LogP) is 5.23. The van der Waals surface area contributed by atoms with E-state index in [1.807, 2.05) is 30.3 Å². The molecular weight excluding hydrogens is 408 g/mol. The monoisotopic (exact) mass is 430 g/mol. The number of pyridine rings is 1. The minimum Gasteiger partial charge on any atom is -0.486 e. The van der Waals surface area contributed by atoms with Crippen molar-refractivity contribution in [3.63, 3.8) is 0 Å². The summed E-state index contributed by atoms with van der Waals surface area (Å²) in [5.41, 5.74) is 0.392. The number of fused-ring (bicyclic) bond motifs is 1. The molecule has 7 nitrogen and oxygen atoms in total. The van der Waals surface area contributed by atoms with E-state index in [0.717, 1.165) is 10.1 Å². The van der Waals surface area contributed by atoms with Gasteiger partial charge < -0.3 is 14.2 Å². The number of rotatable bonds is 5. The van der Waals surface area contributed by atoms with Crippen molar-refractivity contribution in [1.82, 2.24) is 9.55 Å². The Bertz CT molecular complexity index is 1070. The molecule has 2 heterocycles. The summed E-state index contributed by atoms with van der Waals surface area (Å²) in [6.45, 7) is 7.34. The molecule has 8 heteroatoms. The largest absolute Gasteiger partial charge is 0.486 e. The van der Waals surface area contributed by atoms with Crippen molar-refractivity contribution in [3.05, 3.63) is 58.9 Å². The molecule has 0 spiro atoms. The molecule has 2 aromatic heterocycles. The second-order valence-corrected chi connectivity index (χ2v) is 7.89. The lowest BCUT2D eigenvalue weighted by Crippen LogP contribution is -2.29. The van der Waals surface area contributed by atoms with Crippen LogP contribution in [-0.2, 0) is 16.1 Å². The molecule has 0 atom stereocenters. The van der Waals surface area contributed by atoms with Gasteiger partial charge in [-0.2, -0.15) is 0 Å². The van der Waals surface area contributed by atoms with Gasteiger partial charge >= 0.3 is 12.1 Å². The van der Waals surface area contributed by atoms with E-state index >= 15 is 0 Å². The van der Waals surface area contributed by atoms with E-state index in [-0.39, 0.29) is 23.1 Å². The second-order valence-electron chi connectivity index (χ2n) is 7.53. The zero-order chi connectivity index (χ0) is 21.9. The number of benzene rings is 1. The van der Waals surface area contributed by atoms with Gasteiger partial charge in [-0.05, 0) is 45.4 Å². The highest BCUT2D eigenvalue weighted by Crippen LogP contribution is 2.30. The fraction of sp³-hybridized carbons (Fsp3) is 0.318. The molecular formula is C22H23ClN2O5. The van der Waals surface area contributed by atoms with Gasteiger partial charge in [0, 0.05) is 5.39 Å². The quantitative estimate of drug-likeness (QED) is 0.407. The zero-order valence-electron chi connectivity index (χ0n) is 17.3. The summed E-state index contributed by atoms with van der Waals surface area (Å²) in [4.78, 5) is 29.5. The summed E-state index contributed by atoms with van der Waals surface area (Å²) < 4.78 is 17.4. The zero-order valence-corrected chi connectivity index (χ0v) is 18.0. The number of carbonyl (C=O) groups is 2. The lowest BCUT2D eigenvalue weighted by molar-refractivity contribution is 0.0453. The maximum Gasteiger partial charge on any atom is 0.420 e. The molecule has 0 fully saturated rings. The standard InChI is InChI=1S/C22H23ClN2O5/c1-5-28-20(26)16-11-15-12-17(29-13-14-9-7-6-8-10-14)18(23)24-19(15)25(16)21(27)30-22(2,3)4/h6-12H,5,13H2,1-4H3. The Morgan fingerprint density at radius 1 is 1.13 bits per heavy atom. The van der Waals surface area contributed by atoms with Crippen LogP contribution in [0.15, 0.2) is 42.5 Å². The van der Waals surface area contributed by atoms with Crippen LogP contribution in [0, 0.1) is 0 Å². The Morgan fingerprint density at radius 3 is 2.47 bits per heavy atom. The molecule has 0 saturated carbocycles. The molecule has 0 unspecified atom stereocenters. The van der Waals surface area contributed by atoms with Crippen molar-refractivity contribution >= 4 is 34.7 Å². The molecule has 3 rings (SSSR count). The van der Waals surface area contributed by atoms with E-state index in [0.29, 0.717) is 17.7 Å². The lowest BCUT2D eigenvalue weighted by Gasteiger charge is -2.20. The van der Waals surface area contributed by atoms with Crippen LogP contribution in [0.2, 0.25) is 5.15 Å². The topological polar surface area (TPSA) is 79.7 Å². The first-order valence-electron chi connectivity index (χ1n) is 9.49. The average molecular weight is 431 g/mol. The Balaban J connectivity index is 2.02. The Labute approximate surface area is 179 Å². The fourth-order valence-electron chi connectivity index (χ4n) is 2.77. The number of aromatic nitrogens is 2. The molecule has 0 N–H and O–H groups in total. The summed E-state index contributed by atoms with van der Waals surface area (Å²) in [6.07, 6.45) is -0.748. The third kappa shape index (κ3) is 4.91. The van der Waals surface area contributed by atoms with E-state index in [1.54, 1.807) is 33.8 Å². The Morgan fingerprint density at radius 2 is 1.83 bits per heavy atom. The minimum absolute atomic E-state index is 0.00451. The number of hydrogen-bond acceptors (Lipinski definition) is 6. The average Bonchev–Trinajstić information content (AvgIpc) is 3.04. The van der Waals surface area contributed by atoms with Crippen LogP contribution in [0.3, 0.4) is 0 Å². The summed E-state index contributed by atoms with van der Waals surface area (Å²) in [5, 5.41) is 0.563. The van der Waals surface area contributed by atoms with Crippen LogP contribution in [-0.4, -0.2) is 33.8 Å². The fourth-order valence-corrected chi connectivity index (χ4v) is 2.96. The summed E-state index contributed by atoms with van der Waals surface area (Å²) in [5.74, 6) is -0.325. The van der Waals surface area contributed by atoms with Gasteiger partial charge in [-0.25, -0.2) is 19.1 Å². The summed E-state index contributed by atoms with van der Waals surface area (Å²) >= 11 is 6.31. The molecule has 0 aliphatic carbocycles. The number of hydrogen-bond donors (Lipinski definition) is 0. The maximum absolute atomic E-state index is 12.8. The molecule has 158 valence electrons. The van der Waals surface area contributed by atoms with Crippen LogP contribution in [0.25, 0.3) is 11.0 Å². The van der Waals surface area contributed by atoms with E-state index < -0.39 is 17.7 Å².